The standard InChI is InChI=1S/C10H18O3/c1-5-7-11-9(3)13-10(4)12-8-6-2/h3-8H2,1-2H3. The van der Waals surface area contributed by atoms with Gasteiger partial charge in [-0.1, -0.05) is 13.8 Å². The van der Waals surface area contributed by atoms with Gasteiger partial charge in [0.2, 0.25) is 0 Å². The van der Waals surface area contributed by atoms with E-state index in [2.05, 4.69) is 13.2 Å². The molecule has 0 aliphatic carbocycles. The van der Waals surface area contributed by atoms with Crippen LogP contribution in [-0.2, 0) is 14.2 Å². The average molecular weight is 186 g/mol. The van der Waals surface area contributed by atoms with Crippen LogP contribution in [0.25, 0.3) is 0 Å². The summed E-state index contributed by atoms with van der Waals surface area (Å²) in [5.74, 6) is 0.478. The van der Waals surface area contributed by atoms with E-state index in [0.717, 1.165) is 12.8 Å². The zero-order chi connectivity index (χ0) is 10.1. The number of hydrogen-bond donors (Lipinski definition) is 0. The Balaban J connectivity index is 3.47. The molecule has 76 valence electrons. The molecule has 0 aromatic carbocycles. The van der Waals surface area contributed by atoms with Gasteiger partial charge in [0.05, 0.1) is 13.2 Å². The molecule has 0 radical (unpaired) electrons. The molecule has 0 atom stereocenters. The molecule has 0 unspecified atom stereocenters. The summed E-state index contributed by atoms with van der Waals surface area (Å²) < 4.78 is 15.2. The van der Waals surface area contributed by atoms with E-state index in [0.29, 0.717) is 13.2 Å². The maximum Gasteiger partial charge on any atom is 0.279 e. The summed E-state index contributed by atoms with van der Waals surface area (Å²) in [6.07, 6.45) is 1.84. The van der Waals surface area contributed by atoms with Gasteiger partial charge in [0.15, 0.2) is 0 Å². The van der Waals surface area contributed by atoms with E-state index < -0.39 is 0 Å². The Labute approximate surface area is 80.0 Å². The fraction of sp³-hybridized carbons (Fsp3) is 0.600. The second-order valence-electron chi connectivity index (χ2n) is 2.54. The highest BCUT2D eigenvalue weighted by atomic mass is 16.7. The van der Waals surface area contributed by atoms with Crippen LogP contribution in [0.4, 0.5) is 0 Å². The van der Waals surface area contributed by atoms with Crippen LogP contribution in [0.1, 0.15) is 26.7 Å². The molecule has 0 saturated heterocycles. The van der Waals surface area contributed by atoms with Crippen molar-refractivity contribution in [2.75, 3.05) is 13.2 Å². The highest BCUT2D eigenvalue weighted by Gasteiger charge is 1.99. The third-order valence-corrected chi connectivity index (χ3v) is 1.16. The van der Waals surface area contributed by atoms with E-state index in [4.69, 9.17) is 14.2 Å². The van der Waals surface area contributed by atoms with Gasteiger partial charge in [0, 0.05) is 0 Å². The molecule has 0 N–H and O–H groups in total. The predicted octanol–water partition coefficient (Wildman–Crippen LogP) is 2.80. The van der Waals surface area contributed by atoms with Gasteiger partial charge in [-0.15, -0.1) is 0 Å². The van der Waals surface area contributed by atoms with Crippen molar-refractivity contribution in [2.45, 2.75) is 26.7 Å². The van der Waals surface area contributed by atoms with Crippen LogP contribution < -0.4 is 0 Å². The molecule has 3 heteroatoms. The van der Waals surface area contributed by atoms with Crippen molar-refractivity contribution >= 4 is 0 Å². The van der Waals surface area contributed by atoms with E-state index in [1.807, 2.05) is 13.8 Å². The first kappa shape index (κ1) is 11.9. The van der Waals surface area contributed by atoms with Crippen LogP contribution >= 0.6 is 0 Å². The van der Waals surface area contributed by atoms with Crippen LogP contribution in [0.3, 0.4) is 0 Å². The Hall–Kier alpha value is -1.12. The molecule has 0 rings (SSSR count). The minimum absolute atomic E-state index is 0.239. The van der Waals surface area contributed by atoms with E-state index in [1.54, 1.807) is 0 Å². The summed E-state index contributed by atoms with van der Waals surface area (Å²) in [7, 11) is 0. The van der Waals surface area contributed by atoms with Gasteiger partial charge in [0.1, 0.15) is 0 Å². The lowest BCUT2D eigenvalue weighted by molar-refractivity contribution is -0.00244. The zero-order valence-corrected chi connectivity index (χ0v) is 8.47. The van der Waals surface area contributed by atoms with Gasteiger partial charge in [-0.05, 0) is 26.0 Å². The largest absolute Gasteiger partial charge is 0.466 e. The Morgan fingerprint density at radius 2 is 1.31 bits per heavy atom. The molecule has 0 aromatic rings. The van der Waals surface area contributed by atoms with Crippen molar-refractivity contribution in [3.05, 3.63) is 25.0 Å². The van der Waals surface area contributed by atoms with Gasteiger partial charge in [0.25, 0.3) is 11.9 Å². The molecular weight excluding hydrogens is 168 g/mol. The SMILES string of the molecule is C=C(OCCC)OC(=C)OCCC. The Bertz CT molecular complexity index is 146. The summed E-state index contributed by atoms with van der Waals surface area (Å²) >= 11 is 0. The second-order valence-corrected chi connectivity index (χ2v) is 2.54. The lowest BCUT2D eigenvalue weighted by Crippen LogP contribution is -2.01. The molecule has 0 aliphatic heterocycles. The summed E-state index contributed by atoms with van der Waals surface area (Å²) in [6.45, 7) is 12.3. The molecule has 13 heavy (non-hydrogen) atoms. The van der Waals surface area contributed by atoms with Gasteiger partial charge in [-0.2, -0.15) is 0 Å². The van der Waals surface area contributed by atoms with Crippen LogP contribution in [0.2, 0.25) is 0 Å². The number of hydrogen-bond acceptors (Lipinski definition) is 3. The number of rotatable bonds is 8. The molecule has 0 bridgehead atoms. The van der Waals surface area contributed by atoms with Crippen molar-refractivity contribution in [1.82, 2.24) is 0 Å². The average Bonchev–Trinajstić information content (AvgIpc) is 2.11. The van der Waals surface area contributed by atoms with Crippen LogP contribution in [-0.4, -0.2) is 13.2 Å². The Morgan fingerprint density at radius 1 is 0.923 bits per heavy atom. The van der Waals surface area contributed by atoms with E-state index in [-0.39, 0.29) is 11.9 Å². The van der Waals surface area contributed by atoms with Crippen molar-refractivity contribution in [1.29, 1.82) is 0 Å². The fourth-order valence-corrected chi connectivity index (χ4v) is 0.618. The van der Waals surface area contributed by atoms with Crippen molar-refractivity contribution < 1.29 is 14.2 Å². The molecule has 0 saturated carbocycles. The Kier molecular flexibility index (Phi) is 6.88. The summed E-state index contributed by atoms with van der Waals surface area (Å²) in [5, 5.41) is 0. The van der Waals surface area contributed by atoms with Gasteiger partial charge in [-0.3, -0.25) is 0 Å². The summed E-state index contributed by atoms with van der Waals surface area (Å²) in [5.41, 5.74) is 0. The summed E-state index contributed by atoms with van der Waals surface area (Å²) in [4.78, 5) is 0. The minimum atomic E-state index is 0.239. The zero-order valence-electron chi connectivity index (χ0n) is 8.47. The minimum Gasteiger partial charge on any atom is -0.466 e. The lowest BCUT2D eigenvalue weighted by atomic mass is 10.5. The first-order valence-corrected chi connectivity index (χ1v) is 4.52. The molecule has 0 aliphatic rings. The molecular formula is C10H18O3. The van der Waals surface area contributed by atoms with E-state index in [1.165, 1.54) is 0 Å². The molecule has 0 aromatic heterocycles. The molecule has 0 fully saturated rings. The quantitative estimate of drug-likeness (QED) is 0.545. The maximum absolute atomic E-state index is 5.08. The fourth-order valence-electron chi connectivity index (χ4n) is 0.618. The monoisotopic (exact) mass is 186 g/mol. The molecule has 0 amide bonds. The summed E-state index contributed by atoms with van der Waals surface area (Å²) in [6, 6.07) is 0. The highest BCUT2D eigenvalue weighted by Crippen LogP contribution is 2.06. The van der Waals surface area contributed by atoms with Crippen molar-refractivity contribution in [3.8, 4) is 0 Å². The topological polar surface area (TPSA) is 27.7 Å². The molecule has 0 spiro atoms. The smallest absolute Gasteiger partial charge is 0.279 e. The van der Waals surface area contributed by atoms with E-state index >= 15 is 0 Å². The molecule has 0 heterocycles. The second kappa shape index (κ2) is 7.53. The van der Waals surface area contributed by atoms with Gasteiger partial charge in [-0.25, -0.2) is 0 Å². The molecule has 3 nitrogen and oxygen atoms in total. The third kappa shape index (κ3) is 7.25. The predicted molar refractivity (Wildman–Crippen MR) is 51.9 cm³/mol. The van der Waals surface area contributed by atoms with Gasteiger partial charge < -0.3 is 14.2 Å². The normalized spacial score (nSPS) is 9.08. The van der Waals surface area contributed by atoms with Crippen molar-refractivity contribution in [2.24, 2.45) is 0 Å². The van der Waals surface area contributed by atoms with E-state index in [9.17, 15) is 0 Å². The Morgan fingerprint density at radius 3 is 1.62 bits per heavy atom. The lowest BCUT2D eigenvalue weighted by Gasteiger charge is -2.11. The first-order chi connectivity index (χ1) is 6.20. The maximum atomic E-state index is 5.08. The van der Waals surface area contributed by atoms with Crippen LogP contribution in [0.15, 0.2) is 25.0 Å². The number of ether oxygens (including phenoxy) is 3. The van der Waals surface area contributed by atoms with Crippen LogP contribution in [0.5, 0.6) is 0 Å². The van der Waals surface area contributed by atoms with Gasteiger partial charge >= 0.3 is 0 Å². The van der Waals surface area contributed by atoms with Crippen LogP contribution in [0, 0.1) is 0 Å². The highest BCUT2D eigenvalue weighted by molar-refractivity contribution is 4.79. The van der Waals surface area contributed by atoms with Crippen molar-refractivity contribution in [3.63, 3.8) is 0 Å². The third-order valence-electron chi connectivity index (χ3n) is 1.16. The first-order valence-electron chi connectivity index (χ1n) is 4.52.